The highest BCUT2D eigenvalue weighted by molar-refractivity contribution is 5.95. The maximum atomic E-state index is 12.9. The maximum Gasteiger partial charge on any atom is 0.433 e. The second-order valence-electron chi connectivity index (χ2n) is 7.87. The molecule has 1 unspecified atom stereocenters. The van der Waals surface area contributed by atoms with E-state index in [0.717, 1.165) is 38.8 Å². The number of hydrogen-bond donors (Lipinski definition) is 1. The topological polar surface area (TPSA) is 73.7 Å². The first-order valence-electron chi connectivity index (χ1n) is 10.3. The number of carbonyl (C=O) groups excluding carboxylic acids is 1. The van der Waals surface area contributed by atoms with E-state index >= 15 is 0 Å². The minimum atomic E-state index is -4.46. The molecule has 1 aliphatic rings. The molecular formula is C23H28F3N3O3. The van der Waals surface area contributed by atoms with Gasteiger partial charge < -0.3 is 14.9 Å². The summed E-state index contributed by atoms with van der Waals surface area (Å²) in [5, 5.41) is 7.42. The van der Waals surface area contributed by atoms with Gasteiger partial charge in [0.1, 0.15) is 5.69 Å². The smallest absolute Gasteiger partial charge is 0.433 e. The third-order valence-electron chi connectivity index (χ3n) is 5.21. The van der Waals surface area contributed by atoms with Crippen LogP contribution in [0.15, 0.2) is 42.6 Å². The van der Waals surface area contributed by atoms with E-state index in [-0.39, 0.29) is 5.91 Å². The van der Waals surface area contributed by atoms with Gasteiger partial charge in [0, 0.05) is 43.4 Å². The van der Waals surface area contributed by atoms with Crippen molar-refractivity contribution in [2.75, 3.05) is 27.2 Å². The number of hydrogen-bond acceptors (Lipinski definition) is 4. The zero-order chi connectivity index (χ0) is 23.9. The molecule has 2 heterocycles. The van der Waals surface area contributed by atoms with Gasteiger partial charge in [0.05, 0.1) is 0 Å². The number of carboxylic acid groups (broad SMARTS) is 1. The first kappa shape index (κ1) is 25.3. The van der Waals surface area contributed by atoms with Crippen LogP contribution in [0.5, 0.6) is 0 Å². The fourth-order valence-corrected chi connectivity index (χ4v) is 3.54. The molecule has 1 atom stereocenters. The summed E-state index contributed by atoms with van der Waals surface area (Å²) in [6.07, 6.45) is -0.319. The Hall–Kier alpha value is -2.94. The van der Waals surface area contributed by atoms with Crippen LogP contribution >= 0.6 is 0 Å². The molecule has 0 radical (unpaired) electrons. The molecular weight excluding hydrogens is 423 g/mol. The van der Waals surface area contributed by atoms with Crippen molar-refractivity contribution in [2.45, 2.75) is 38.4 Å². The number of alkyl halides is 3. The van der Waals surface area contributed by atoms with Crippen molar-refractivity contribution in [3.05, 3.63) is 53.9 Å². The third kappa shape index (κ3) is 7.33. The van der Waals surface area contributed by atoms with Crippen LogP contribution in [0.4, 0.5) is 13.2 Å². The SMILES string of the molecule is CC(=O)O.CN(C)C1CCCN(C(=O)c2cccc(-c3ccc(C(F)(F)F)nc3)c2)CC1. The summed E-state index contributed by atoms with van der Waals surface area (Å²) in [6.45, 7) is 2.50. The Balaban J connectivity index is 0.000000837. The molecule has 1 saturated heterocycles. The molecule has 1 amide bonds. The van der Waals surface area contributed by atoms with Crippen LogP contribution < -0.4 is 0 Å². The fraction of sp³-hybridized carbons (Fsp3) is 0.435. The number of carboxylic acids is 1. The molecule has 2 aromatic rings. The molecule has 0 spiro atoms. The lowest BCUT2D eigenvalue weighted by Gasteiger charge is -2.23. The molecule has 1 aromatic heterocycles. The maximum absolute atomic E-state index is 12.9. The number of carbonyl (C=O) groups is 2. The molecule has 1 fully saturated rings. The second kappa shape index (κ2) is 11.1. The summed E-state index contributed by atoms with van der Waals surface area (Å²) >= 11 is 0. The van der Waals surface area contributed by atoms with Gasteiger partial charge in [-0.3, -0.25) is 14.6 Å². The van der Waals surface area contributed by atoms with E-state index in [2.05, 4.69) is 24.0 Å². The van der Waals surface area contributed by atoms with E-state index in [1.807, 2.05) is 4.90 Å². The molecule has 3 rings (SSSR count). The van der Waals surface area contributed by atoms with Crippen molar-refractivity contribution >= 4 is 11.9 Å². The summed E-state index contributed by atoms with van der Waals surface area (Å²) in [6, 6.07) is 9.81. The van der Waals surface area contributed by atoms with E-state index in [4.69, 9.17) is 9.90 Å². The lowest BCUT2D eigenvalue weighted by atomic mass is 10.0. The van der Waals surface area contributed by atoms with Crippen molar-refractivity contribution in [3.63, 3.8) is 0 Å². The molecule has 0 bridgehead atoms. The number of rotatable bonds is 3. The van der Waals surface area contributed by atoms with Crippen LogP contribution in [0.2, 0.25) is 0 Å². The van der Waals surface area contributed by atoms with Crippen LogP contribution in [-0.4, -0.2) is 65.0 Å². The van der Waals surface area contributed by atoms with Gasteiger partial charge in [-0.05, 0) is 57.1 Å². The van der Waals surface area contributed by atoms with Gasteiger partial charge in [-0.15, -0.1) is 0 Å². The molecule has 1 aromatic carbocycles. The Bertz CT molecular complexity index is 911. The monoisotopic (exact) mass is 451 g/mol. The van der Waals surface area contributed by atoms with Gasteiger partial charge in [0.15, 0.2) is 0 Å². The second-order valence-corrected chi connectivity index (χ2v) is 7.87. The van der Waals surface area contributed by atoms with Crippen molar-refractivity contribution < 1.29 is 27.9 Å². The largest absolute Gasteiger partial charge is 0.481 e. The minimum absolute atomic E-state index is 0.0406. The Labute approximate surface area is 185 Å². The van der Waals surface area contributed by atoms with Crippen molar-refractivity contribution in [1.29, 1.82) is 0 Å². The molecule has 9 heteroatoms. The van der Waals surface area contributed by atoms with Gasteiger partial charge in [-0.1, -0.05) is 18.2 Å². The van der Waals surface area contributed by atoms with Crippen LogP contribution in [0.3, 0.4) is 0 Å². The van der Waals surface area contributed by atoms with E-state index < -0.39 is 17.8 Å². The van der Waals surface area contributed by atoms with Crippen molar-refractivity contribution in [1.82, 2.24) is 14.8 Å². The van der Waals surface area contributed by atoms with Crippen LogP contribution in [-0.2, 0) is 11.0 Å². The number of pyridine rings is 1. The molecule has 32 heavy (non-hydrogen) atoms. The number of benzene rings is 1. The molecule has 6 nitrogen and oxygen atoms in total. The zero-order valence-corrected chi connectivity index (χ0v) is 18.4. The summed E-state index contributed by atoms with van der Waals surface area (Å²) < 4.78 is 38.1. The lowest BCUT2D eigenvalue weighted by Crippen LogP contribution is -2.33. The van der Waals surface area contributed by atoms with Crippen LogP contribution in [0, 0.1) is 0 Å². The highest BCUT2D eigenvalue weighted by Crippen LogP contribution is 2.29. The number of aliphatic carboxylic acids is 1. The van der Waals surface area contributed by atoms with E-state index in [1.165, 1.54) is 12.3 Å². The zero-order valence-electron chi connectivity index (χ0n) is 18.4. The van der Waals surface area contributed by atoms with Crippen molar-refractivity contribution in [3.8, 4) is 11.1 Å². The number of halogens is 3. The van der Waals surface area contributed by atoms with E-state index in [9.17, 15) is 18.0 Å². The van der Waals surface area contributed by atoms with Crippen LogP contribution in [0.25, 0.3) is 11.1 Å². The molecule has 1 aliphatic heterocycles. The predicted molar refractivity (Wildman–Crippen MR) is 115 cm³/mol. The van der Waals surface area contributed by atoms with E-state index in [0.29, 0.717) is 29.3 Å². The number of likely N-dealkylation sites (tertiary alicyclic amines) is 1. The van der Waals surface area contributed by atoms with Gasteiger partial charge in [-0.25, -0.2) is 0 Å². The van der Waals surface area contributed by atoms with Gasteiger partial charge in [0.25, 0.3) is 11.9 Å². The number of aromatic nitrogens is 1. The highest BCUT2D eigenvalue weighted by atomic mass is 19.4. The summed E-state index contributed by atoms with van der Waals surface area (Å²) in [5.74, 6) is -0.874. The van der Waals surface area contributed by atoms with Gasteiger partial charge in [0.2, 0.25) is 0 Å². The van der Waals surface area contributed by atoms with Crippen molar-refractivity contribution in [2.24, 2.45) is 0 Å². The molecule has 0 saturated carbocycles. The summed E-state index contributed by atoms with van der Waals surface area (Å²) in [5.41, 5.74) is 0.837. The fourth-order valence-electron chi connectivity index (χ4n) is 3.54. The first-order valence-corrected chi connectivity index (χ1v) is 10.3. The summed E-state index contributed by atoms with van der Waals surface area (Å²) in [4.78, 5) is 29.5. The average Bonchev–Trinajstić information content (AvgIpc) is 2.99. The van der Waals surface area contributed by atoms with E-state index in [1.54, 1.807) is 24.3 Å². The highest BCUT2D eigenvalue weighted by Gasteiger charge is 2.32. The number of amides is 1. The van der Waals surface area contributed by atoms with Gasteiger partial charge in [-0.2, -0.15) is 13.2 Å². The molecule has 0 aliphatic carbocycles. The normalized spacial score (nSPS) is 16.7. The molecule has 174 valence electrons. The Morgan fingerprint density at radius 1 is 1.09 bits per heavy atom. The third-order valence-corrected chi connectivity index (χ3v) is 5.21. The predicted octanol–water partition coefficient (Wildman–Crippen LogP) is 4.41. The average molecular weight is 451 g/mol. The Kier molecular flexibility index (Phi) is 8.77. The van der Waals surface area contributed by atoms with Crippen LogP contribution in [0.1, 0.15) is 42.2 Å². The minimum Gasteiger partial charge on any atom is -0.481 e. The Morgan fingerprint density at radius 2 is 1.78 bits per heavy atom. The standard InChI is InChI=1S/C21H24F3N3O.C2H4O2/c1-26(2)18-7-4-11-27(12-10-18)20(28)16-6-3-5-15(13-16)17-8-9-19(25-14-17)21(22,23)24;1-2(3)4/h3,5-6,8-9,13-14,18H,4,7,10-12H2,1-2H3;1H3,(H,3,4). The number of nitrogens with zero attached hydrogens (tertiary/aromatic N) is 3. The Morgan fingerprint density at radius 3 is 2.34 bits per heavy atom. The first-order chi connectivity index (χ1) is 15.0. The quantitative estimate of drug-likeness (QED) is 0.748. The lowest BCUT2D eigenvalue weighted by molar-refractivity contribution is -0.141. The molecule has 1 N–H and O–H groups in total. The van der Waals surface area contributed by atoms with Gasteiger partial charge >= 0.3 is 6.18 Å². The summed E-state index contributed by atoms with van der Waals surface area (Å²) in [7, 11) is 4.12.